The number of hydrogen-bond acceptors (Lipinski definition) is 2. The Morgan fingerprint density at radius 3 is 2.56 bits per heavy atom. The van der Waals surface area contributed by atoms with Crippen molar-refractivity contribution in [2.75, 3.05) is 11.4 Å². The normalized spacial score (nSPS) is 16.6. The molecule has 0 saturated heterocycles. The first-order chi connectivity index (χ1) is 7.86. The maximum Gasteiger partial charge on any atom is 0.0414 e. The molecular weight excluding hydrogens is 196 g/mol. The molecule has 0 aromatic heterocycles. The van der Waals surface area contributed by atoms with Crippen molar-refractivity contribution in [3.63, 3.8) is 0 Å². The number of hydrogen-bond donors (Lipinski definition) is 1. The van der Waals surface area contributed by atoms with Crippen molar-refractivity contribution in [1.29, 1.82) is 0 Å². The van der Waals surface area contributed by atoms with Crippen LogP contribution in [-0.4, -0.2) is 12.6 Å². The van der Waals surface area contributed by atoms with Gasteiger partial charge in [0.1, 0.15) is 0 Å². The average molecular weight is 218 g/mol. The highest BCUT2D eigenvalue weighted by molar-refractivity contribution is 5.54. The van der Waals surface area contributed by atoms with E-state index in [0.717, 1.165) is 12.6 Å². The van der Waals surface area contributed by atoms with Gasteiger partial charge >= 0.3 is 0 Å². The maximum absolute atomic E-state index is 5.82. The van der Waals surface area contributed by atoms with E-state index < -0.39 is 0 Å². The number of nitrogens with zero attached hydrogens (tertiary/aromatic N) is 1. The van der Waals surface area contributed by atoms with E-state index in [1.807, 2.05) is 0 Å². The van der Waals surface area contributed by atoms with E-state index in [9.17, 15) is 0 Å². The number of benzene rings is 1. The van der Waals surface area contributed by atoms with Crippen molar-refractivity contribution in [3.05, 3.63) is 29.8 Å². The summed E-state index contributed by atoms with van der Waals surface area (Å²) >= 11 is 0. The zero-order valence-corrected chi connectivity index (χ0v) is 10.2. The van der Waals surface area contributed by atoms with Gasteiger partial charge in [-0.3, -0.25) is 0 Å². The quantitative estimate of drug-likeness (QED) is 0.842. The van der Waals surface area contributed by atoms with Crippen LogP contribution in [0.2, 0.25) is 0 Å². The van der Waals surface area contributed by atoms with E-state index in [-0.39, 0.29) is 0 Å². The Morgan fingerprint density at radius 2 is 1.94 bits per heavy atom. The highest BCUT2D eigenvalue weighted by Crippen LogP contribution is 2.29. The second-order valence-corrected chi connectivity index (χ2v) is 4.56. The monoisotopic (exact) mass is 218 g/mol. The summed E-state index contributed by atoms with van der Waals surface area (Å²) in [6.45, 7) is 3.96. The summed E-state index contributed by atoms with van der Waals surface area (Å²) in [5.41, 5.74) is 8.44. The van der Waals surface area contributed by atoms with Crippen LogP contribution in [0, 0.1) is 0 Å². The smallest absolute Gasteiger partial charge is 0.0414 e. The highest BCUT2D eigenvalue weighted by atomic mass is 15.2. The highest BCUT2D eigenvalue weighted by Gasteiger charge is 2.22. The van der Waals surface area contributed by atoms with Crippen molar-refractivity contribution in [1.82, 2.24) is 0 Å². The molecule has 0 bridgehead atoms. The maximum atomic E-state index is 5.82. The summed E-state index contributed by atoms with van der Waals surface area (Å²) < 4.78 is 0. The van der Waals surface area contributed by atoms with E-state index in [0.29, 0.717) is 6.54 Å². The lowest BCUT2D eigenvalue weighted by molar-refractivity contribution is 0.617. The van der Waals surface area contributed by atoms with Crippen LogP contribution in [0.4, 0.5) is 5.69 Å². The predicted molar refractivity (Wildman–Crippen MR) is 69.6 cm³/mol. The van der Waals surface area contributed by atoms with E-state index in [1.54, 1.807) is 0 Å². The molecule has 88 valence electrons. The second kappa shape index (κ2) is 5.35. The third-order valence-electron chi connectivity index (χ3n) is 3.63. The minimum absolute atomic E-state index is 0.638. The predicted octanol–water partition coefficient (Wildman–Crippen LogP) is 2.91. The van der Waals surface area contributed by atoms with Gasteiger partial charge in [-0.2, -0.15) is 0 Å². The number of nitrogens with two attached hydrogens (primary N) is 1. The van der Waals surface area contributed by atoms with Gasteiger partial charge < -0.3 is 10.6 Å². The molecule has 1 aromatic carbocycles. The van der Waals surface area contributed by atoms with Gasteiger partial charge in [-0.1, -0.05) is 31.0 Å². The third kappa shape index (κ3) is 2.22. The molecule has 2 N–H and O–H groups in total. The van der Waals surface area contributed by atoms with Crippen molar-refractivity contribution in [2.24, 2.45) is 5.73 Å². The fourth-order valence-corrected chi connectivity index (χ4v) is 2.80. The molecule has 16 heavy (non-hydrogen) atoms. The van der Waals surface area contributed by atoms with Crippen LogP contribution in [0.1, 0.15) is 38.2 Å². The molecule has 1 aliphatic rings. The Morgan fingerprint density at radius 1 is 1.25 bits per heavy atom. The molecule has 2 heteroatoms. The van der Waals surface area contributed by atoms with Crippen LogP contribution in [0.3, 0.4) is 0 Å². The van der Waals surface area contributed by atoms with Gasteiger partial charge in [-0.05, 0) is 31.4 Å². The SMILES string of the molecule is CCN(c1ccccc1CN)C1CCCC1. The zero-order chi connectivity index (χ0) is 11.4. The van der Waals surface area contributed by atoms with Crippen molar-refractivity contribution in [2.45, 2.75) is 45.2 Å². The Labute approximate surface area is 98.4 Å². The Hall–Kier alpha value is -1.02. The summed E-state index contributed by atoms with van der Waals surface area (Å²) in [7, 11) is 0. The summed E-state index contributed by atoms with van der Waals surface area (Å²) in [4.78, 5) is 2.54. The molecule has 1 aromatic rings. The van der Waals surface area contributed by atoms with Crippen LogP contribution in [0.5, 0.6) is 0 Å². The molecule has 0 heterocycles. The van der Waals surface area contributed by atoms with Crippen LogP contribution in [0.25, 0.3) is 0 Å². The van der Waals surface area contributed by atoms with Gasteiger partial charge in [-0.15, -0.1) is 0 Å². The molecule has 0 atom stereocenters. The molecule has 0 radical (unpaired) electrons. The van der Waals surface area contributed by atoms with Gasteiger partial charge in [0.25, 0.3) is 0 Å². The van der Waals surface area contributed by atoms with Gasteiger partial charge in [0.15, 0.2) is 0 Å². The van der Waals surface area contributed by atoms with Gasteiger partial charge in [-0.25, -0.2) is 0 Å². The Bertz CT molecular complexity index is 329. The number of anilines is 1. The minimum atomic E-state index is 0.638. The first-order valence-corrected chi connectivity index (χ1v) is 6.41. The van der Waals surface area contributed by atoms with Crippen molar-refractivity contribution in [3.8, 4) is 0 Å². The molecule has 1 saturated carbocycles. The lowest BCUT2D eigenvalue weighted by Crippen LogP contribution is -2.33. The molecule has 0 unspecified atom stereocenters. The summed E-state index contributed by atoms with van der Waals surface area (Å²) in [5, 5.41) is 0. The van der Waals surface area contributed by atoms with Crippen LogP contribution in [-0.2, 0) is 6.54 Å². The van der Waals surface area contributed by atoms with E-state index in [4.69, 9.17) is 5.73 Å². The second-order valence-electron chi connectivity index (χ2n) is 4.56. The molecule has 0 amide bonds. The molecule has 0 spiro atoms. The van der Waals surface area contributed by atoms with Crippen LogP contribution >= 0.6 is 0 Å². The molecule has 2 rings (SSSR count). The van der Waals surface area contributed by atoms with Crippen molar-refractivity contribution < 1.29 is 0 Å². The van der Waals surface area contributed by atoms with Crippen LogP contribution < -0.4 is 10.6 Å². The molecule has 1 aliphatic carbocycles. The van der Waals surface area contributed by atoms with Gasteiger partial charge in [0.05, 0.1) is 0 Å². The van der Waals surface area contributed by atoms with E-state index >= 15 is 0 Å². The number of rotatable bonds is 4. The van der Waals surface area contributed by atoms with Gasteiger partial charge in [0.2, 0.25) is 0 Å². The first kappa shape index (κ1) is 11.5. The largest absolute Gasteiger partial charge is 0.369 e. The Balaban J connectivity index is 2.24. The minimum Gasteiger partial charge on any atom is -0.369 e. The fourth-order valence-electron chi connectivity index (χ4n) is 2.80. The molecule has 2 nitrogen and oxygen atoms in total. The lowest BCUT2D eigenvalue weighted by atomic mass is 10.1. The molecule has 1 fully saturated rings. The standard InChI is InChI=1S/C14H22N2/c1-2-16(13-8-4-5-9-13)14-10-6-3-7-12(14)11-15/h3,6-7,10,13H,2,4-5,8-9,11,15H2,1H3. The first-order valence-electron chi connectivity index (χ1n) is 6.41. The molecule has 0 aliphatic heterocycles. The third-order valence-corrected chi connectivity index (χ3v) is 3.63. The summed E-state index contributed by atoms with van der Waals surface area (Å²) in [6, 6.07) is 9.29. The fraction of sp³-hybridized carbons (Fsp3) is 0.571. The Kier molecular flexibility index (Phi) is 3.83. The topological polar surface area (TPSA) is 29.3 Å². The summed E-state index contributed by atoms with van der Waals surface area (Å²) in [6.07, 6.45) is 5.44. The lowest BCUT2D eigenvalue weighted by Gasteiger charge is -2.31. The van der Waals surface area contributed by atoms with Crippen molar-refractivity contribution >= 4 is 5.69 Å². The van der Waals surface area contributed by atoms with E-state index in [2.05, 4.69) is 36.1 Å². The zero-order valence-electron chi connectivity index (χ0n) is 10.2. The van der Waals surface area contributed by atoms with Gasteiger partial charge in [0, 0.05) is 24.8 Å². The summed E-state index contributed by atoms with van der Waals surface area (Å²) in [5.74, 6) is 0. The van der Waals surface area contributed by atoms with E-state index in [1.165, 1.54) is 36.9 Å². The average Bonchev–Trinajstić information content (AvgIpc) is 2.84. The number of para-hydroxylation sites is 1. The molecular formula is C14H22N2. The van der Waals surface area contributed by atoms with Crippen LogP contribution in [0.15, 0.2) is 24.3 Å².